The summed E-state index contributed by atoms with van der Waals surface area (Å²) in [5, 5.41) is 6.56. The number of aryl methyl sites for hydroxylation is 1. The number of aliphatic imine (C=N–C) groups is 1. The van der Waals surface area contributed by atoms with Crippen LogP contribution in [-0.4, -0.2) is 55.1 Å². The molecular weight excluding hydrogens is 506 g/mol. The molecule has 0 unspecified atom stereocenters. The largest absolute Gasteiger partial charge is 0.357 e. The Morgan fingerprint density at radius 1 is 1.06 bits per heavy atom. The van der Waals surface area contributed by atoms with Gasteiger partial charge >= 0.3 is 0 Å². The fraction of sp³-hybridized carbons (Fsp3) is 0.478. The van der Waals surface area contributed by atoms with Gasteiger partial charge in [0.25, 0.3) is 0 Å². The van der Waals surface area contributed by atoms with E-state index in [4.69, 9.17) is 0 Å². The number of aromatic nitrogens is 1. The summed E-state index contributed by atoms with van der Waals surface area (Å²) in [4.78, 5) is 14.1. The van der Waals surface area contributed by atoms with Crippen LogP contribution < -0.4 is 15.5 Å². The fourth-order valence-electron chi connectivity index (χ4n) is 3.51. The molecule has 170 valence electrons. The molecule has 0 bridgehead atoms. The summed E-state index contributed by atoms with van der Waals surface area (Å²) in [5.74, 6) is 1.59. The van der Waals surface area contributed by atoms with E-state index in [0.29, 0.717) is 18.7 Å². The van der Waals surface area contributed by atoms with Gasteiger partial charge in [0.1, 0.15) is 11.6 Å². The Bertz CT molecular complexity index is 834. The van der Waals surface area contributed by atoms with Crippen LogP contribution >= 0.6 is 24.0 Å². The molecule has 0 atom stereocenters. The number of guanidine groups is 1. The van der Waals surface area contributed by atoms with E-state index in [1.54, 1.807) is 13.0 Å². The number of pyridine rings is 1. The molecule has 0 amide bonds. The second kappa shape index (κ2) is 12.8. The summed E-state index contributed by atoms with van der Waals surface area (Å²) < 4.78 is 13.4. The molecule has 1 aliphatic rings. The third-order valence-corrected chi connectivity index (χ3v) is 5.40. The molecule has 0 aliphatic carbocycles. The Kier molecular flexibility index (Phi) is 10.5. The number of benzene rings is 1. The predicted octanol–water partition coefficient (Wildman–Crippen LogP) is 3.54. The van der Waals surface area contributed by atoms with Gasteiger partial charge < -0.3 is 20.4 Å². The highest BCUT2D eigenvalue weighted by molar-refractivity contribution is 14.0. The second-order valence-corrected chi connectivity index (χ2v) is 7.58. The predicted molar refractivity (Wildman–Crippen MR) is 137 cm³/mol. The molecule has 2 aromatic rings. The van der Waals surface area contributed by atoms with Crippen LogP contribution in [0.1, 0.15) is 30.5 Å². The molecule has 0 saturated carbocycles. The number of piperazine rings is 1. The van der Waals surface area contributed by atoms with Crippen LogP contribution in [0.4, 0.5) is 10.2 Å². The number of nitrogens with zero attached hydrogens (tertiary/aromatic N) is 4. The lowest BCUT2D eigenvalue weighted by Crippen LogP contribution is -2.46. The van der Waals surface area contributed by atoms with E-state index in [0.717, 1.165) is 62.2 Å². The van der Waals surface area contributed by atoms with Gasteiger partial charge in [0.15, 0.2) is 5.96 Å². The first-order chi connectivity index (χ1) is 14.6. The molecule has 8 heteroatoms. The Hall–Kier alpha value is -1.94. The summed E-state index contributed by atoms with van der Waals surface area (Å²) in [5.41, 5.74) is 2.74. The highest BCUT2D eigenvalue weighted by Gasteiger charge is 2.16. The maximum absolute atomic E-state index is 13.4. The van der Waals surface area contributed by atoms with Crippen molar-refractivity contribution >= 4 is 35.8 Å². The summed E-state index contributed by atoms with van der Waals surface area (Å²) in [6.45, 7) is 13.3. The van der Waals surface area contributed by atoms with Gasteiger partial charge in [0.05, 0.1) is 6.54 Å². The Morgan fingerprint density at radius 3 is 2.42 bits per heavy atom. The summed E-state index contributed by atoms with van der Waals surface area (Å²) in [7, 11) is 0. The van der Waals surface area contributed by atoms with Crippen LogP contribution in [0.3, 0.4) is 0 Å². The van der Waals surface area contributed by atoms with E-state index in [9.17, 15) is 4.39 Å². The minimum Gasteiger partial charge on any atom is -0.357 e. The maximum Gasteiger partial charge on any atom is 0.191 e. The average Bonchev–Trinajstić information content (AvgIpc) is 2.78. The van der Waals surface area contributed by atoms with Crippen LogP contribution in [0.2, 0.25) is 0 Å². The lowest BCUT2D eigenvalue weighted by Gasteiger charge is -2.34. The third-order valence-electron chi connectivity index (χ3n) is 5.40. The molecule has 1 aromatic carbocycles. The Balaban J connectivity index is 0.00000341. The van der Waals surface area contributed by atoms with E-state index in [1.807, 2.05) is 19.2 Å². The van der Waals surface area contributed by atoms with Crippen molar-refractivity contribution in [2.45, 2.75) is 33.9 Å². The number of hydrogen-bond donors (Lipinski definition) is 2. The smallest absolute Gasteiger partial charge is 0.191 e. The van der Waals surface area contributed by atoms with Crippen molar-refractivity contribution in [1.29, 1.82) is 0 Å². The maximum atomic E-state index is 13.4. The van der Waals surface area contributed by atoms with E-state index >= 15 is 0 Å². The zero-order valence-corrected chi connectivity index (χ0v) is 21.0. The van der Waals surface area contributed by atoms with Crippen LogP contribution in [0.25, 0.3) is 0 Å². The Morgan fingerprint density at radius 2 is 1.81 bits per heavy atom. The van der Waals surface area contributed by atoms with Gasteiger partial charge in [-0.15, -0.1) is 24.0 Å². The first-order valence-electron chi connectivity index (χ1n) is 10.8. The number of anilines is 1. The summed E-state index contributed by atoms with van der Waals surface area (Å²) in [6, 6.07) is 9.35. The molecule has 31 heavy (non-hydrogen) atoms. The highest BCUT2D eigenvalue weighted by Crippen LogP contribution is 2.14. The lowest BCUT2D eigenvalue weighted by molar-refractivity contribution is 0.270. The number of rotatable bonds is 7. The van der Waals surface area contributed by atoms with Crippen molar-refractivity contribution < 1.29 is 4.39 Å². The molecular formula is C23H34FIN6. The van der Waals surface area contributed by atoms with E-state index < -0.39 is 0 Å². The number of likely N-dealkylation sites (N-methyl/N-ethyl adjacent to an activating group) is 1. The van der Waals surface area contributed by atoms with Crippen molar-refractivity contribution in [3.8, 4) is 0 Å². The molecule has 1 aromatic heterocycles. The van der Waals surface area contributed by atoms with Gasteiger partial charge in [-0.05, 0) is 49.2 Å². The standard InChI is InChI=1S/C23H33FN6.HI/c1-4-25-23(27-15-19-6-8-21(24)18(3)14-19)28-17-20-7-9-22(26-16-20)30-12-10-29(5-2)11-13-30;/h6-9,14,16H,4-5,10-13,15,17H2,1-3H3,(H2,25,27,28);1H. The van der Waals surface area contributed by atoms with Crippen LogP contribution in [-0.2, 0) is 13.1 Å². The molecule has 2 heterocycles. The zero-order valence-electron chi connectivity index (χ0n) is 18.7. The number of halogens is 2. The molecule has 6 nitrogen and oxygen atoms in total. The molecule has 2 N–H and O–H groups in total. The van der Waals surface area contributed by atoms with Crippen molar-refractivity contribution in [2.75, 3.05) is 44.2 Å². The van der Waals surface area contributed by atoms with E-state index in [2.05, 4.69) is 49.5 Å². The highest BCUT2D eigenvalue weighted by atomic mass is 127. The van der Waals surface area contributed by atoms with Gasteiger partial charge in [-0.3, -0.25) is 0 Å². The number of nitrogens with one attached hydrogen (secondary N) is 2. The first-order valence-corrected chi connectivity index (χ1v) is 10.8. The van der Waals surface area contributed by atoms with E-state index in [-0.39, 0.29) is 29.8 Å². The normalized spacial score (nSPS) is 14.8. The topological polar surface area (TPSA) is 55.8 Å². The molecule has 1 aliphatic heterocycles. The SMILES string of the molecule is CCNC(=NCc1ccc(N2CCN(CC)CC2)nc1)NCc1ccc(F)c(C)c1.I. The van der Waals surface area contributed by atoms with Crippen molar-refractivity contribution in [2.24, 2.45) is 4.99 Å². The molecule has 0 radical (unpaired) electrons. The molecule has 1 fully saturated rings. The molecule has 3 rings (SSSR count). The van der Waals surface area contributed by atoms with Gasteiger partial charge in [0, 0.05) is 45.5 Å². The third kappa shape index (κ3) is 7.60. The minimum atomic E-state index is -0.178. The average molecular weight is 540 g/mol. The van der Waals surface area contributed by atoms with E-state index in [1.165, 1.54) is 6.07 Å². The summed E-state index contributed by atoms with van der Waals surface area (Å²) >= 11 is 0. The van der Waals surface area contributed by atoms with Crippen molar-refractivity contribution in [3.63, 3.8) is 0 Å². The summed E-state index contributed by atoms with van der Waals surface area (Å²) in [6.07, 6.45) is 1.91. The second-order valence-electron chi connectivity index (χ2n) is 7.58. The van der Waals surface area contributed by atoms with Crippen LogP contribution in [0.15, 0.2) is 41.5 Å². The minimum absolute atomic E-state index is 0. The van der Waals surface area contributed by atoms with Gasteiger partial charge in [0.2, 0.25) is 0 Å². The van der Waals surface area contributed by atoms with Gasteiger partial charge in [-0.25, -0.2) is 14.4 Å². The van der Waals surface area contributed by atoms with Gasteiger partial charge in [-0.2, -0.15) is 0 Å². The van der Waals surface area contributed by atoms with Gasteiger partial charge in [-0.1, -0.05) is 25.1 Å². The van der Waals surface area contributed by atoms with Crippen molar-refractivity contribution in [1.82, 2.24) is 20.5 Å². The fourth-order valence-corrected chi connectivity index (χ4v) is 3.51. The monoisotopic (exact) mass is 540 g/mol. The molecule has 0 spiro atoms. The quantitative estimate of drug-likeness (QED) is 0.320. The van der Waals surface area contributed by atoms with Crippen molar-refractivity contribution in [3.05, 3.63) is 59.0 Å². The van der Waals surface area contributed by atoms with Crippen LogP contribution in [0, 0.1) is 12.7 Å². The Labute approximate surface area is 202 Å². The zero-order chi connectivity index (χ0) is 21.3. The number of hydrogen-bond acceptors (Lipinski definition) is 4. The van der Waals surface area contributed by atoms with Crippen LogP contribution in [0.5, 0.6) is 0 Å². The first kappa shape index (κ1) is 25.3. The molecule has 1 saturated heterocycles. The lowest BCUT2D eigenvalue weighted by atomic mass is 10.1.